The second kappa shape index (κ2) is 9.34. The lowest BCUT2D eigenvalue weighted by atomic mass is 10.3. The molecule has 1 fully saturated rings. The molecule has 30 heavy (non-hydrogen) atoms. The summed E-state index contributed by atoms with van der Waals surface area (Å²) in [5.74, 6) is -0.0673. The fraction of sp³-hybridized carbons (Fsp3) is 0.316. The predicted molar refractivity (Wildman–Crippen MR) is 115 cm³/mol. The second-order valence-corrected chi connectivity index (χ2v) is 10.5. The van der Waals surface area contributed by atoms with E-state index in [1.54, 1.807) is 17.0 Å². The number of hydrogen-bond acceptors (Lipinski definition) is 6. The van der Waals surface area contributed by atoms with Crippen LogP contribution in [0.3, 0.4) is 0 Å². The molecule has 2 aromatic carbocycles. The molecule has 1 atom stereocenters. The van der Waals surface area contributed by atoms with E-state index < -0.39 is 14.9 Å². The Bertz CT molecular complexity index is 1040. The van der Waals surface area contributed by atoms with Crippen LogP contribution in [0.15, 0.2) is 58.3 Å². The van der Waals surface area contributed by atoms with Crippen LogP contribution in [0.1, 0.15) is 6.92 Å². The third-order valence-electron chi connectivity index (χ3n) is 4.69. The first-order valence-corrected chi connectivity index (χ1v) is 11.8. The molecular weight excluding hydrogens is 450 g/mol. The molecule has 1 heterocycles. The molecule has 1 aliphatic heterocycles. The van der Waals surface area contributed by atoms with Gasteiger partial charge in [-0.15, -0.1) is 11.8 Å². The van der Waals surface area contributed by atoms with Crippen molar-refractivity contribution in [2.24, 2.45) is 0 Å². The number of nitro benzene ring substituents is 1. The largest absolute Gasteiger partial charge is 0.339 e. The molecule has 1 saturated heterocycles. The molecule has 0 saturated carbocycles. The number of carbonyl (C=O) groups is 1. The summed E-state index contributed by atoms with van der Waals surface area (Å²) in [6.07, 6.45) is 0. The van der Waals surface area contributed by atoms with Crippen molar-refractivity contribution in [1.29, 1.82) is 0 Å². The molecular formula is C19H20ClN3O5S2. The van der Waals surface area contributed by atoms with Gasteiger partial charge in [-0.25, -0.2) is 8.42 Å². The normalized spacial score (nSPS) is 16.3. The van der Waals surface area contributed by atoms with Gasteiger partial charge in [0.2, 0.25) is 15.9 Å². The zero-order valence-electron chi connectivity index (χ0n) is 16.1. The molecule has 0 aromatic heterocycles. The number of thioether (sulfide) groups is 1. The van der Waals surface area contributed by atoms with Crippen molar-refractivity contribution >= 4 is 45.0 Å². The third kappa shape index (κ3) is 5.12. The van der Waals surface area contributed by atoms with E-state index in [-0.39, 0.29) is 47.9 Å². The molecule has 0 bridgehead atoms. The summed E-state index contributed by atoms with van der Waals surface area (Å²) in [6.45, 7) is 2.61. The number of non-ortho nitro benzene ring substituents is 1. The maximum atomic E-state index is 12.8. The average Bonchev–Trinajstić information content (AvgIpc) is 2.75. The zero-order chi connectivity index (χ0) is 21.9. The van der Waals surface area contributed by atoms with E-state index in [1.165, 1.54) is 34.3 Å². The monoisotopic (exact) mass is 469 g/mol. The Kier molecular flexibility index (Phi) is 7.02. The summed E-state index contributed by atoms with van der Waals surface area (Å²) in [7, 11) is -3.87. The van der Waals surface area contributed by atoms with E-state index >= 15 is 0 Å². The molecule has 8 nitrogen and oxygen atoms in total. The second-order valence-electron chi connectivity index (χ2n) is 6.70. The first kappa shape index (κ1) is 22.5. The SMILES string of the molecule is CC(Sc1ccc(Cl)cc1)C(=O)N1CCN(S(=O)(=O)c2cccc([N+](=O)[O-])c2)CC1. The first-order valence-electron chi connectivity index (χ1n) is 9.14. The number of piperazine rings is 1. The summed E-state index contributed by atoms with van der Waals surface area (Å²) in [5.41, 5.74) is -0.280. The topological polar surface area (TPSA) is 101 Å². The van der Waals surface area contributed by atoms with Crippen LogP contribution in [0.5, 0.6) is 0 Å². The fourth-order valence-corrected chi connectivity index (χ4v) is 5.62. The van der Waals surface area contributed by atoms with Gasteiger partial charge in [0.1, 0.15) is 0 Å². The molecule has 2 aromatic rings. The van der Waals surface area contributed by atoms with Gasteiger partial charge in [-0.2, -0.15) is 4.31 Å². The summed E-state index contributed by atoms with van der Waals surface area (Å²) in [4.78, 5) is 25.5. The standard InChI is InChI=1S/C19H20ClN3O5S2/c1-14(29-17-7-5-15(20)6-8-17)19(24)21-9-11-22(12-10-21)30(27,28)18-4-2-3-16(13-18)23(25)26/h2-8,13-14H,9-12H2,1H3. The highest BCUT2D eigenvalue weighted by atomic mass is 35.5. The van der Waals surface area contributed by atoms with Gasteiger partial charge in [0.05, 0.1) is 15.1 Å². The van der Waals surface area contributed by atoms with Crippen LogP contribution >= 0.6 is 23.4 Å². The number of halogens is 1. The lowest BCUT2D eigenvalue weighted by Crippen LogP contribution is -2.52. The number of rotatable bonds is 6. The van der Waals surface area contributed by atoms with Gasteiger partial charge in [-0.05, 0) is 37.3 Å². The summed E-state index contributed by atoms with van der Waals surface area (Å²) >= 11 is 7.30. The molecule has 0 radical (unpaired) electrons. The number of benzene rings is 2. The number of carbonyl (C=O) groups excluding carboxylic acids is 1. The van der Waals surface area contributed by atoms with Gasteiger partial charge in [0, 0.05) is 48.2 Å². The molecule has 11 heteroatoms. The Hall–Kier alpha value is -2.14. The zero-order valence-corrected chi connectivity index (χ0v) is 18.5. The first-order chi connectivity index (χ1) is 14.2. The van der Waals surface area contributed by atoms with Crippen molar-refractivity contribution in [3.05, 3.63) is 63.7 Å². The van der Waals surface area contributed by atoms with Crippen molar-refractivity contribution in [3.63, 3.8) is 0 Å². The number of nitrogens with zero attached hydrogens (tertiary/aromatic N) is 3. The van der Waals surface area contributed by atoms with Crippen LogP contribution in [-0.4, -0.2) is 59.9 Å². The van der Waals surface area contributed by atoms with Crippen LogP contribution in [0, 0.1) is 10.1 Å². The van der Waals surface area contributed by atoms with Gasteiger partial charge >= 0.3 is 0 Å². The minimum atomic E-state index is -3.87. The third-order valence-corrected chi connectivity index (χ3v) is 7.94. The van der Waals surface area contributed by atoms with Crippen molar-refractivity contribution in [3.8, 4) is 0 Å². The van der Waals surface area contributed by atoms with E-state index in [1.807, 2.05) is 19.1 Å². The smallest absolute Gasteiger partial charge is 0.270 e. The van der Waals surface area contributed by atoms with Crippen molar-refractivity contribution in [2.75, 3.05) is 26.2 Å². The average molecular weight is 470 g/mol. The lowest BCUT2D eigenvalue weighted by Gasteiger charge is -2.35. The quantitative estimate of drug-likeness (QED) is 0.365. The minimum Gasteiger partial charge on any atom is -0.339 e. The Labute approximate surface area is 184 Å². The Morgan fingerprint density at radius 3 is 2.37 bits per heavy atom. The Balaban J connectivity index is 1.62. The minimum absolute atomic E-state index is 0.0673. The lowest BCUT2D eigenvalue weighted by molar-refractivity contribution is -0.385. The van der Waals surface area contributed by atoms with Crippen LogP contribution < -0.4 is 0 Å². The molecule has 1 aliphatic rings. The predicted octanol–water partition coefficient (Wildman–Crippen LogP) is 3.26. The van der Waals surface area contributed by atoms with Crippen LogP contribution in [0.2, 0.25) is 5.02 Å². The summed E-state index contributed by atoms with van der Waals surface area (Å²) in [5, 5.41) is 11.2. The number of hydrogen-bond donors (Lipinski definition) is 0. The van der Waals surface area contributed by atoms with Crippen LogP contribution in [0.4, 0.5) is 5.69 Å². The molecule has 0 N–H and O–H groups in total. The molecule has 1 amide bonds. The van der Waals surface area contributed by atoms with E-state index in [0.717, 1.165) is 11.0 Å². The van der Waals surface area contributed by atoms with Crippen molar-refractivity contribution in [2.45, 2.75) is 22.0 Å². The maximum Gasteiger partial charge on any atom is 0.270 e. The maximum absolute atomic E-state index is 12.8. The Morgan fingerprint density at radius 1 is 1.13 bits per heavy atom. The molecule has 0 spiro atoms. The molecule has 3 rings (SSSR count). The highest BCUT2D eigenvalue weighted by Crippen LogP contribution is 2.27. The van der Waals surface area contributed by atoms with Crippen LogP contribution in [0.25, 0.3) is 0 Å². The summed E-state index contributed by atoms with van der Waals surface area (Å²) in [6, 6.07) is 12.2. The van der Waals surface area contributed by atoms with Gasteiger partial charge < -0.3 is 4.90 Å². The van der Waals surface area contributed by atoms with Gasteiger partial charge in [0.25, 0.3) is 5.69 Å². The molecule has 1 unspecified atom stereocenters. The van der Waals surface area contributed by atoms with E-state index in [4.69, 9.17) is 11.6 Å². The highest BCUT2D eigenvalue weighted by molar-refractivity contribution is 8.00. The number of sulfonamides is 1. The van der Waals surface area contributed by atoms with Crippen LogP contribution in [-0.2, 0) is 14.8 Å². The van der Waals surface area contributed by atoms with E-state index in [9.17, 15) is 23.3 Å². The van der Waals surface area contributed by atoms with Gasteiger partial charge in [-0.3, -0.25) is 14.9 Å². The molecule has 160 valence electrons. The Morgan fingerprint density at radius 2 is 1.77 bits per heavy atom. The van der Waals surface area contributed by atoms with Gasteiger partial charge in [0.15, 0.2) is 0 Å². The molecule has 0 aliphatic carbocycles. The van der Waals surface area contributed by atoms with Crippen molar-refractivity contribution < 1.29 is 18.1 Å². The highest BCUT2D eigenvalue weighted by Gasteiger charge is 2.32. The number of amides is 1. The van der Waals surface area contributed by atoms with E-state index in [2.05, 4.69) is 0 Å². The van der Waals surface area contributed by atoms with Crippen molar-refractivity contribution in [1.82, 2.24) is 9.21 Å². The fourth-order valence-electron chi connectivity index (χ4n) is 3.08. The summed E-state index contributed by atoms with van der Waals surface area (Å²) < 4.78 is 26.9. The van der Waals surface area contributed by atoms with E-state index in [0.29, 0.717) is 5.02 Å². The van der Waals surface area contributed by atoms with Gasteiger partial charge in [-0.1, -0.05) is 17.7 Å². The number of nitro groups is 1.